The molecular weight excluding hydrogens is 280 g/mol. The van der Waals surface area contributed by atoms with Crippen LogP contribution in [0.2, 0.25) is 0 Å². The second kappa shape index (κ2) is 6.48. The van der Waals surface area contributed by atoms with Gasteiger partial charge in [-0.25, -0.2) is 0 Å². The summed E-state index contributed by atoms with van der Waals surface area (Å²) in [6.45, 7) is 2.35. The minimum atomic E-state index is 0.0212. The monoisotopic (exact) mass is 302 g/mol. The number of nitrogens with one attached hydrogen (secondary N) is 1. The molecule has 1 aromatic carbocycles. The Morgan fingerprint density at radius 1 is 1.45 bits per heavy atom. The minimum Gasteiger partial charge on any atom is -0.381 e. The molecule has 118 valence electrons. The predicted octanol–water partition coefficient (Wildman–Crippen LogP) is 1.61. The molecule has 5 nitrogen and oxygen atoms in total. The summed E-state index contributed by atoms with van der Waals surface area (Å²) in [5, 5.41) is 2.83. The smallest absolute Gasteiger partial charge is 0.228 e. The highest BCUT2D eigenvalue weighted by Crippen LogP contribution is 2.24. The lowest BCUT2D eigenvalue weighted by molar-refractivity contribution is -0.130. The van der Waals surface area contributed by atoms with E-state index >= 15 is 0 Å². The van der Waals surface area contributed by atoms with E-state index in [0.717, 1.165) is 49.4 Å². The molecule has 2 heterocycles. The Morgan fingerprint density at radius 3 is 3.09 bits per heavy atom. The van der Waals surface area contributed by atoms with Crippen molar-refractivity contribution < 1.29 is 14.3 Å². The minimum absolute atomic E-state index is 0.0212. The lowest BCUT2D eigenvalue weighted by atomic mass is 10.0. The number of amides is 2. The third-order valence-electron chi connectivity index (χ3n) is 4.37. The van der Waals surface area contributed by atoms with Crippen molar-refractivity contribution in [3.05, 3.63) is 29.3 Å². The molecule has 0 spiro atoms. The molecule has 1 saturated heterocycles. The zero-order chi connectivity index (χ0) is 15.5. The Labute approximate surface area is 130 Å². The number of ether oxygens (including phenoxy) is 1. The number of anilines is 1. The average molecular weight is 302 g/mol. The van der Waals surface area contributed by atoms with Crippen LogP contribution >= 0.6 is 0 Å². The van der Waals surface area contributed by atoms with Crippen LogP contribution in [0.1, 0.15) is 24.0 Å². The molecule has 0 saturated carbocycles. The molecule has 3 rings (SSSR count). The normalized spacial score (nSPS) is 20.4. The summed E-state index contributed by atoms with van der Waals surface area (Å²) >= 11 is 0. The maximum absolute atomic E-state index is 12.3. The first kappa shape index (κ1) is 15.0. The van der Waals surface area contributed by atoms with Crippen molar-refractivity contribution in [3.63, 3.8) is 0 Å². The fraction of sp³-hybridized carbons (Fsp3) is 0.529. The quantitative estimate of drug-likeness (QED) is 0.919. The predicted molar refractivity (Wildman–Crippen MR) is 83.7 cm³/mol. The second-order valence-corrected chi connectivity index (χ2v) is 6.25. The van der Waals surface area contributed by atoms with Crippen LogP contribution in [0, 0.1) is 5.92 Å². The summed E-state index contributed by atoms with van der Waals surface area (Å²) in [5.74, 6) is 0.574. The molecule has 5 heteroatoms. The summed E-state index contributed by atoms with van der Waals surface area (Å²) in [6.07, 6.45) is 3.01. The number of hydrogen-bond donors (Lipinski definition) is 1. The Kier molecular flexibility index (Phi) is 4.43. The van der Waals surface area contributed by atoms with Crippen LogP contribution in [-0.4, -0.2) is 43.5 Å². The molecule has 2 amide bonds. The second-order valence-electron chi connectivity index (χ2n) is 6.25. The van der Waals surface area contributed by atoms with Crippen molar-refractivity contribution in [2.24, 2.45) is 5.92 Å². The fourth-order valence-electron chi connectivity index (χ4n) is 3.12. The highest BCUT2D eigenvalue weighted by atomic mass is 16.5. The highest BCUT2D eigenvalue weighted by molar-refractivity contribution is 5.99. The van der Waals surface area contributed by atoms with E-state index in [-0.39, 0.29) is 11.8 Å². The van der Waals surface area contributed by atoms with Gasteiger partial charge >= 0.3 is 0 Å². The van der Waals surface area contributed by atoms with Gasteiger partial charge in [0.1, 0.15) is 0 Å². The van der Waals surface area contributed by atoms with Gasteiger partial charge in [-0.05, 0) is 36.0 Å². The number of nitrogens with zero attached hydrogens (tertiary/aromatic N) is 1. The highest BCUT2D eigenvalue weighted by Gasteiger charge is 2.21. The van der Waals surface area contributed by atoms with Crippen molar-refractivity contribution in [1.82, 2.24) is 4.90 Å². The SMILES string of the molecule is CN(CC1CCCOC1)C(=O)Cc1ccc2c(c1)NC(=O)C2. The third-order valence-corrected chi connectivity index (χ3v) is 4.37. The Morgan fingerprint density at radius 2 is 2.32 bits per heavy atom. The molecule has 1 atom stereocenters. The van der Waals surface area contributed by atoms with Crippen molar-refractivity contribution in [1.29, 1.82) is 0 Å². The standard InChI is InChI=1S/C17H22N2O3/c1-19(10-13-3-2-6-22-11-13)17(21)8-12-4-5-14-9-16(20)18-15(14)7-12/h4-5,7,13H,2-3,6,8-11H2,1H3,(H,18,20). The van der Waals surface area contributed by atoms with Crippen LogP contribution in [0.25, 0.3) is 0 Å². The van der Waals surface area contributed by atoms with Crippen LogP contribution in [0.3, 0.4) is 0 Å². The van der Waals surface area contributed by atoms with E-state index in [4.69, 9.17) is 4.74 Å². The van der Waals surface area contributed by atoms with E-state index in [2.05, 4.69) is 5.32 Å². The molecule has 2 aliphatic heterocycles. The molecule has 1 unspecified atom stereocenters. The molecule has 1 fully saturated rings. The van der Waals surface area contributed by atoms with Gasteiger partial charge in [0.25, 0.3) is 0 Å². The molecule has 1 N–H and O–H groups in total. The number of fused-ring (bicyclic) bond motifs is 1. The van der Waals surface area contributed by atoms with E-state index < -0.39 is 0 Å². The summed E-state index contributed by atoms with van der Waals surface area (Å²) in [6, 6.07) is 5.79. The molecule has 0 bridgehead atoms. The van der Waals surface area contributed by atoms with Crippen LogP contribution in [0.15, 0.2) is 18.2 Å². The van der Waals surface area contributed by atoms with Gasteiger partial charge in [-0.15, -0.1) is 0 Å². The first-order valence-electron chi connectivity index (χ1n) is 7.85. The molecule has 0 aliphatic carbocycles. The van der Waals surface area contributed by atoms with Crippen molar-refractivity contribution in [2.45, 2.75) is 25.7 Å². The average Bonchev–Trinajstić information content (AvgIpc) is 2.87. The largest absolute Gasteiger partial charge is 0.381 e. The molecule has 22 heavy (non-hydrogen) atoms. The number of benzene rings is 1. The Hall–Kier alpha value is -1.88. The number of carbonyl (C=O) groups excluding carboxylic acids is 2. The molecule has 0 radical (unpaired) electrons. The zero-order valence-electron chi connectivity index (χ0n) is 12.9. The Bertz CT molecular complexity index is 579. The number of likely N-dealkylation sites (N-methyl/N-ethyl adjacent to an activating group) is 1. The Balaban J connectivity index is 1.57. The van der Waals surface area contributed by atoms with Gasteiger partial charge in [-0.3, -0.25) is 9.59 Å². The summed E-state index contributed by atoms with van der Waals surface area (Å²) < 4.78 is 5.46. The van der Waals surface area contributed by atoms with Gasteiger partial charge in [0.05, 0.1) is 19.4 Å². The van der Waals surface area contributed by atoms with Crippen LogP contribution < -0.4 is 5.32 Å². The van der Waals surface area contributed by atoms with Crippen molar-refractivity contribution >= 4 is 17.5 Å². The van der Waals surface area contributed by atoms with E-state index in [0.29, 0.717) is 18.8 Å². The fourth-order valence-corrected chi connectivity index (χ4v) is 3.12. The topological polar surface area (TPSA) is 58.6 Å². The first-order chi connectivity index (χ1) is 10.6. The zero-order valence-corrected chi connectivity index (χ0v) is 12.9. The van der Waals surface area contributed by atoms with Gasteiger partial charge in [0.15, 0.2) is 0 Å². The van der Waals surface area contributed by atoms with E-state index in [1.807, 2.05) is 25.2 Å². The third kappa shape index (κ3) is 3.47. The molecular formula is C17H22N2O3. The van der Waals surface area contributed by atoms with Crippen LogP contribution in [0.4, 0.5) is 5.69 Å². The van der Waals surface area contributed by atoms with Crippen molar-refractivity contribution in [3.8, 4) is 0 Å². The van der Waals surface area contributed by atoms with Crippen LogP contribution in [-0.2, 0) is 27.2 Å². The van der Waals surface area contributed by atoms with Gasteiger partial charge < -0.3 is 15.0 Å². The van der Waals surface area contributed by atoms with E-state index in [1.165, 1.54) is 0 Å². The number of rotatable bonds is 4. The summed E-state index contributed by atoms with van der Waals surface area (Å²) in [7, 11) is 1.85. The van der Waals surface area contributed by atoms with Gasteiger partial charge in [0, 0.05) is 25.9 Å². The van der Waals surface area contributed by atoms with E-state index in [9.17, 15) is 9.59 Å². The van der Waals surface area contributed by atoms with Crippen LogP contribution in [0.5, 0.6) is 0 Å². The first-order valence-corrected chi connectivity index (χ1v) is 7.85. The molecule has 1 aromatic rings. The van der Waals surface area contributed by atoms with E-state index in [1.54, 1.807) is 4.90 Å². The summed E-state index contributed by atoms with van der Waals surface area (Å²) in [4.78, 5) is 25.5. The molecule has 0 aromatic heterocycles. The molecule has 2 aliphatic rings. The maximum atomic E-state index is 12.3. The van der Waals surface area contributed by atoms with Crippen molar-refractivity contribution in [2.75, 3.05) is 32.1 Å². The number of carbonyl (C=O) groups is 2. The van der Waals surface area contributed by atoms with Gasteiger partial charge in [0.2, 0.25) is 11.8 Å². The lowest BCUT2D eigenvalue weighted by Crippen LogP contribution is -2.35. The number of hydrogen-bond acceptors (Lipinski definition) is 3. The van der Waals surface area contributed by atoms with Gasteiger partial charge in [-0.2, -0.15) is 0 Å². The lowest BCUT2D eigenvalue weighted by Gasteiger charge is -2.27. The van der Waals surface area contributed by atoms with Gasteiger partial charge in [-0.1, -0.05) is 12.1 Å². The summed E-state index contributed by atoms with van der Waals surface area (Å²) in [5.41, 5.74) is 2.80. The maximum Gasteiger partial charge on any atom is 0.228 e.